The van der Waals surface area contributed by atoms with Gasteiger partial charge in [-0.1, -0.05) is 47.7 Å². The van der Waals surface area contributed by atoms with Gasteiger partial charge in [0.05, 0.1) is 15.8 Å². The maximum absolute atomic E-state index is 13.2. The van der Waals surface area contributed by atoms with Crippen LogP contribution in [0.5, 0.6) is 0 Å². The average Bonchev–Trinajstić information content (AvgIpc) is 3.45. The molecule has 0 bridgehead atoms. The minimum atomic E-state index is -0.911. The Bertz CT molecular complexity index is 1410. The first-order valence-electron chi connectivity index (χ1n) is 10.2. The Morgan fingerprint density at radius 1 is 1.06 bits per heavy atom. The van der Waals surface area contributed by atoms with Crippen LogP contribution in [0.4, 0.5) is 5.13 Å². The number of Topliss-reactive ketones (excluding diaryl/α,β-unsaturated/α-hetero) is 1. The Hall–Kier alpha value is -3.71. The average molecular weight is 445 g/mol. The van der Waals surface area contributed by atoms with Crippen molar-refractivity contribution in [2.45, 2.75) is 26.8 Å². The molecule has 0 saturated carbocycles. The Balaban J connectivity index is 1.74. The molecule has 1 fully saturated rings. The minimum absolute atomic E-state index is 0.0114. The number of furan rings is 1. The number of carbonyl (C=O) groups excluding carboxylic acids is 2. The topological polar surface area (TPSA) is 83.6 Å². The van der Waals surface area contributed by atoms with Crippen molar-refractivity contribution in [1.82, 2.24) is 4.98 Å². The summed E-state index contributed by atoms with van der Waals surface area (Å²) in [6, 6.07) is 15.3. The summed E-state index contributed by atoms with van der Waals surface area (Å²) in [4.78, 5) is 32.4. The summed E-state index contributed by atoms with van der Waals surface area (Å²) in [5.74, 6) is -0.710. The van der Waals surface area contributed by atoms with E-state index in [-0.39, 0.29) is 11.3 Å². The molecule has 0 spiro atoms. The molecule has 7 heteroatoms. The highest BCUT2D eigenvalue weighted by molar-refractivity contribution is 7.22. The smallest absolute Gasteiger partial charge is 0.302 e. The number of carbonyl (C=O) groups is 2. The third-order valence-electron chi connectivity index (χ3n) is 5.55. The molecule has 1 amide bonds. The van der Waals surface area contributed by atoms with E-state index in [1.165, 1.54) is 16.2 Å². The number of hydrogen-bond donors (Lipinski definition) is 1. The van der Waals surface area contributed by atoms with Gasteiger partial charge in [0.1, 0.15) is 23.3 Å². The van der Waals surface area contributed by atoms with E-state index in [9.17, 15) is 14.7 Å². The summed E-state index contributed by atoms with van der Waals surface area (Å²) >= 11 is 1.34. The van der Waals surface area contributed by atoms with E-state index in [0.717, 1.165) is 21.3 Å². The highest BCUT2D eigenvalue weighted by Gasteiger charge is 2.49. The zero-order chi connectivity index (χ0) is 22.6. The van der Waals surface area contributed by atoms with Crippen LogP contribution in [-0.4, -0.2) is 21.8 Å². The molecular formula is C25H20N2O4S. The SMILES string of the molecule is Cc1cc(C)c2nc(N3C(=O)C(=O)/C(=C(/O)c4ccccc4)C3c3ccc(C)o3)sc2c1. The fraction of sp³-hybridized carbons (Fsp3) is 0.160. The van der Waals surface area contributed by atoms with E-state index in [0.29, 0.717) is 22.2 Å². The zero-order valence-electron chi connectivity index (χ0n) is 17.7. The van der Waals surface area contributed by atoms with Crippen LogP contribution >= 0.6 is 11.3 Å². The van der Waals surface area contributed by atoms with Gasteiger partial charge >= 0.3 is 5.91 Å². The molecule has 1 N–H and O–H groups in total. The van der Waals surface area contributed by atoms with Gasteiger partial charge in [0.25, 0.3) is 5.78 Å². The molecule has 160 valence electrons. The molecule has 2 aromatic carbocycles. The molecule has 32 heavy (non-hydrogen) atoms. The molecule has 1 atom stereocenters. The number of hydrogen-bond acceptors (Lipinski definition) is 6. The third kappa shape index (κ3) is 3.13. The van der Waals surface area contributed by atoms with Crippen molar-refractivity contribution in [3.8, 4) is 0 Å². The molecule has 1 unspecified atom stereocenters. The van der Waals surface area contributed by atoms with Crippen LogP contribution in [0.2, 0.25) is 0 Å². The quantitative estimate of drug-likeness (QED) is 0.258. The van der Waals surface area contributed by atoms with E-state index in [1.807, 2.05) is 32.0 Å². The van der Waals surface area contributed by atoms with Crippen molar-refractivity contribution >= 4 is 44.1 Å². The van der Waals surface area contributed by atoms with E-state index in [4.69, 9.17) is 9.40 Å². The van der Waals surface area contributed by atoms with Gasteiger partial charge in [0.2, 0.25) is 0 Å². The summed E-state index contributed by atoms with van der Waals surface area (Å²) in [5, 5.41) is 11.4. The number of fused-ring (bicyclic) bond motifs is 1. The van der Waals surface area contributed by atoms with E-state index >= 15 is 0 Å². The Labute approximate surface area is 188 Å². The lowest BCUT2D eigenvalue weighted by molar-refractivity contribution is -0.132. The van der Waals surface area contributed by atoms with Gasteiger partial charge in [-0.15, -0.1) is 0 Å². The molecule has 0 aliphatic carbocycles. The lowest BCUT2D eigenvalue weighted by Crippen LogP contribution is -2.29. The second-order valence-corrected chi connectivity index (χ2v) is 8.92. The van der Waals surface area contributed by atoms with E-state index in [2.05, 4.69) is 0 Å². The summed E-state index contributed by atoms with van der Waals surface area (Å²) in [6.07, 6.45) is 0. The van der Waals surface area contributed by atoms with E-state index in [1.54, 1.807) is 43.3 Å². The molecule has 0 radical (unpaired) electrons. The van der Waals surface area contributed by atoms with Gasteiger partial charge in [0, 0.05) is 5.56 Å². The molecular weight excluding hydrogens is 424 g/mol. The van der Waals surface area contributed by atoms with Crippen LogP contribution in [-0.2, 0) is 9.59 Å². The second kappa shape index (κ2) is 7.46. The molecule has 1 saturated heterocycles. The largest absolute Gasteiger partial charge is 0.507 e. The summed E-state index contributed by atoms with van der Waals surface area (Å²) in [5.41, 5.74) is 3.32. The number of amides is 1. The number of aryl methyl sites for hydroxylation is 3. The van der Waals surface area contributed by atoms with Crippen LogP contribution < -0.4 is 4.90 Å². The monoisotopic (exact) mass is 444 g/mol. The van der Waals surface area contributed by atoms with Gasteiger partial charge in [0.15, 0.2) is 5.13 Å². The number of ketones is 1. The number of nitrogens with zero attached hydrogens (tertiary/aromatic N) is 2. The fourth-order valence-electron chi connectivity index (χ4n) is 4.11. The Morgan fingerprint density at radius 2 is 1.81 bits per heavy atom. The van der Waals surface area contributed by atoms with Gasteiger partial charge in [-0.25, -0.2) is 4.98 Å². The van der Waals surface area contributed by atoms with Gasteiger partial charge in [-0.2, -0.15) is 0 Å². The predicted molar refractivity (Wildman–Crippen MR) is 124 cm³/mol. The standard InChI is InChI=1S/C25H20N2O4S/c1-13-11-14(2)20-18(12-13)32-25(26-20)27-21(17-10-9-15(3)31-17)19(23(29)24(27)30)22(28)16-7-5-4-6-8-16/h4-12,21,28H,1-3H3/b22-19+. The summed E-state index contributed by atoms with van der Waals surface area (Å²) < 4.78 is 6.76. The molecule has 6 nitrogen and oxygen atoms in total. The Kier molecular flexibility index (Phi) is 4.71. The second-order valence-electron chi connectivity index (χ2n) is 7.91. The number of aromatic nitrogens is 1. The molecule has 3 heterocycles. The van der Waals surface area contributed by atoms with Crippen LogP contribution in [0.3, 0.4) is 0 Å². The molecule has 1 aliphatic heterocycles. The number of benzene rings is 2. The zero-order valence-corrected chi connectivity index (χ0v) is 18.6. The number of aliphatic hydroxyl groups is 1. The maximum Gasteiger partial charge on any atom is 0.302 e. The first-order valence-corrected chi connectivity index (χ1v) is 11.0. The number of thiazole rings is 1. The van der Waals surface area contributed by atoms with Crippen molar-refractivity contribution < 1.29 is 19.1 Å². The first-order chi connectivity index (χ1) is 15.3. The van der Waals surface area contributed by atoms with Gasteiger partial charge < -0.3 is 9.52 Å². The van der Waals surface area contributed by atoms with E-state index < -0.39 is 17.7 Å². The molecule has 4 aromatic rings. The van der Waals surface area contributed by atoms with Crippen LogP contribution in [0.1, 0.15) is 34.3 Å². The number of rotatable bonds is 3. The predicted octanol–water partition coefficient (Wildman–Crippen LogP) is 5.44. The summed E-state index contributed by atoms with van der Waals surface area (Å²) in [6.45, 7) is 5.76. The molecule has 1 aliphatic rings. The van der Waals surface area contributed by atoms with Crippen LogP contribution in [0.15, 0.2) is 64.6 Å². The normalized spacial score (nSPS) is 18.1. The number of aliphatic hydroxyl groups excluding tert-OH is 1. The van der Waals surface area contributed by atoms with Crippen molar-refractivity contribution in [2.75, 3.05) is 4.90 Å². The molecule has 5 rings (SSSR count). The maximum atomic E-state index is 13.2. The van der Waals surface area contributed by atoms with Crippen molar-refractivity contribution in [1.29, 1.82) is 0 Å². The van der Waals surface area contributed by atoms with Crippen LogP contribution in [0, 0.1) is 20.8 Å². The lowest BCUT2D eigenvalue weighted by Gasteiger charge is -2.20. The first kappa shape index (κ1) is 20.2. The Morgan fingerprint density at radius 3 is 2.50 bits per heavy atom. The van der Waals surface area contributed by atoms with Crippen molar-refractivity contribution in [3.05, 3.63) is 88.4 Å². The minimum Gasteiger partial charge on any atom is -0.507 e. The lowest BCUT2D eigenvalue weighted by atomic mass is 9.99. The van der Waals surface area contributed by atoms with Crippen molar-refractivity contribution in [3.63, 3.8) is 0 Å². The highest BCUT2D eigenvalue weighted by atomic mass is 32.1. The van der Waals surface area contributed by atoms with Gasteiger partial charge in [-0.3, -0.25) is 14.5 Å². The van der Waals surface area contributed by atoms with Crippen molar-refractivity contribution in [2.24, 2.45) is 0 Å². The highest BCUT2D eigenvalue weighted by Crippen LogP contribution is 2.45. The fourth-order valence-corrected chi connectivity index (χ4v) is 5.28. The molecule has 2 aromatic heterocycles. The van der Waals surface area contributed by atoms with Gasteiger partial charge in [-0.05, 0) is 50.1 Å². The third-order valence-corrected chi connectivity index (χ3v) is 6.55. The number of anilines is 1. The summed E-state index contributed by atoms with van der Waals surface area (Å²) in [7, 11) is 0. The van der Waals surface area contributed by atoms with Crippen LogP contribution in [0.25, 0.3) is 16.0 Å².